The van der Waals surface area contributed by atoms with Gasteiger partial charge in [-0.1, -0.05) is 41.9 Å². The van der Waals surface area contributed by atoms with Gasteiger partial charge in [-0.15, -0.1) is 0 Å². The molecule has 0 aromatic heterocycles. The minimum absolute atomic E-state index is 0.262. The standard InChI is InChI=1S/C20H23ClN2O3/c21-17-6-8-18(9-7-17)22-15-20(25)10-12-23(13-11-20)19(24)26-14-16-4-2-1-3-5-16/h1-9,22,25H,10-15H2. The van der Waals surface area contributed by atoms with Gasteiger partial charge in [-0.05, 0) is 42.7 Å². The van der Waals surface area contributed by atoms with Crippen LogP contribution in [0.5, 0.6) is 0 Å². The molecule has 1 amide bonds. The lowest BCUT2D eigenvalue weighted by atomic mass is 9.91. The Bertz CT molecular complexity index is 714. The number of carbonyl (C=O) groups excluding carboxylic acids is 1. The average Bonchev–Trinajstić information content (AvgIpc) is 2.67. The highest BCUT2D eigenvalue weighted by atomic mass is 35.5. The molecule has 0 radical (unpaired) electrons. The van der Waals surface area contributed by atoms with Crippen LogP contribution in [0.15, 0.2) is 54.6 Å². The van der Waals surface area contributed by atoms with Crippen molar-refractivity contribution in [3.63, 3.8) is 0 Å². The second kappa shape index (κ2) is 8.43. The first-order valence-electron chi connectivity index (χ1n) is 8.72. The lowest BCUT2D eigenvalue weighted by Gasteiger charge is -2.37. The molecule has 0 bridgehead atoms. The van der Waals surface area contributed by atoms with Crippen molar-refractivity contribution in [1.82, 2.24) is 4.90 Å². The molecular weight excluding hydrogens is 352 g/mol. The topological polar surface area (TPSA) is 61.8 Å². The van der Waals surface area contributed by atoms with E-state index in [2.05, 4.69) is 5.32 Å². The van der Waals surface area contributed by atoms with E-state index in [1.807, 2.05) is 42.5 Å². The van der Waals surface area contributed by atoms with Crippen molar-refractivity contribution in [2.45, 2.75) is 25.0 Å². The van der Waals surface area contributed by atoms with Gasteiger partial charge in [0.2, 0.25) is 0 Å². The highest BCUT2D eigenvalue weighted by Gasteiger charge is 2.34. The van der Waals surface area contributed by atoms with Gasteiger partial charge in [0.15, 0.2) is 0 Å². The van der Waals surface area contributed by atoms with Gasteiger partial charge in [0, 0.05) is 30.3 Å². The number of piperidine rings is 1. The fourth-order valence-corrected chi connectivity index (χ4v) is 3.05. The normalized spacial score (nSPS) is 16.2. The third-order valence-corrected chi connectivity index (χ3v) is 4.88. The van der Waals surface area contributed by atoms with Crippen molar-refractivity contribution < 1.29 is 14.6 Å². The number of rotatable bonds is 5. The molecule has 1 fully saturated rings. The number of hydrogen-bond donors (Lipinski definition) is 2. The van der Waals surface area contributed by atoms with E-state index in [-0.39, 0.29) is 12.7 Å². The van der Waals surface area contributed by atoms with Gasteiger partial charge in [-0.25, -0.2) is 4.79 Å². The number of benzene rings is 2. The number of halogens is 1. The molecule has 138 valence electrons. The molecule has 1 heterocycles. The maximum atomic E-state index is 12.2. The Morgan fingerprint density at radius 1 is 1.12 bits per heavy atom. The summed E-state index contributed by atoms with van der Waals surface area (Å²) in [5, 5.41) is 14.6. The molecule has 1 aliphatic rings. The van der Waals surface area contributed by atoms with Crippen molar-refractivity contribution in [3.8, 4) is 0 Å². The summed E-state index contributed by atoms with van der Waals surface area (Å²) < 4.78 is 5.35. The van der Waals surface area contributed by atoms with Crippen LogP contribution in [0.3, 0.4) is 0 Å². The molecule has 2 N–H and O–H groups in total. The molecule has 0 spiro atoms. The van der Waals surface area contributed by atoms with Crippen LogP contribution in [-0.2, 0) is 11.3 Å². The predicted molar refractivity (Wildman–Crippen MR) is 102 cm³/mol. The van der Waals surface area contributed by atoms with Gasteiger partial charge in [0.05, 0.1) is 5.60 Å². The summed E-state index contributed by atoms with van der Waals surface area (Å²) in [4.78, 5) is 13.8. The van der Waals surface area contributed by atoms with Gasteiger partial charge in [0.25, 0.3) is 0 Å². The maximum Gasteiger partial charge on any atom is 0.410 e. The number of anilines is 1. The first-order chi connectivity index (χ1) is 12.5. The molecule has 0 aliphatic carbocycles. The first-order valence-corrected chi connectivity index (χ1v) is 9.09. The minimum Gasteiger partial charge on any atom is -0.445 e. The van der Waals surface area contributed by atoms with Gasteiger partial charge in [-0.2, -0.15) is 0 Å². The zero-order valence-electron chi connectivity index (χ0n) is 14.5. The van der Waals surface area contributed by atoms with Crippen LogP contribution in [0.25, 0.3) is 0 Å². The Balaban J connectivity index is 1.43. The van der Waals surface area contributed by atoms with Crippen LogP contribution in [0.4, 0.5) is 10.5 Å². The summed E-state index contributed by atoms with van der Waals surface area (Å²) in [5.41, 5.74) is 1.03. The number of nitrogens with one attached hydrogen (secondary N) is 1. The zero-order valence-corrected chi connectivity index (χ0v) is 15.3. The number of carbonyl (C=O) groups is 1. The summed E-state index contributed by atoms with van der Waals surface area (Å²) in [7, 11) is 0. The molecule has 5 nitrogen and oxygen atoms in total. The second-order valence-corrected chi connectivity index (χ2v) is 7.05. The summed E-state index contributed by atoms with van der Waals surface area (Å²) in [5.74, 6) is 0. The molecule has 2 aromatic rings. The lowest BCUT2D eigenvalue weighted by Crippen LogP contribution is -2.50. The van der Waals surface area contributed by atoms with E-state index in [1.54, 1.807) is 17.0 Å². The highest BCUT2D eigenvalue weighted by molar-refractivity contribution is 6.30. The van der Waals surface area contributed by atoms with E-state index < -0.39 is 5.60 Å². The highest BCUT2D eigenvalue weighted by Crippen LogP contribution is 2.24. The molecule has 2 aromatic carbocycles. The SMILES string of the molecule is O=C(OCc1ccccc1)N1CCC(O)(CNc2ccc(Cl)cc2)CC1. The van der Waals surface area contributed by atoms with E-state index in [1.165, 1.54) is 0 Å². The van der Waals surface area contributed by atoms with E-state index in [0.717, 1.165) is 11.3 Å². The Kier molecular flexibility index (Phi) is 6.01. The molecule has 0 unspecified atom stereocenters. The van der Waals surface area contributed by atoms with Crippen LogP contribution < -0.4 is 5.32 Å². The van der Waals surface area contributed by atoms with Crippen LogP contribution in [0.2, 0.25) is 5.02 Å². The third-order valence-electron chi connectivity index (χ3n) is 4.62. The molecule has 0 atom stereocenters. The zero-order chi connectivity index (χ0) is 18.4. The van der Waals surface area contributed by atoms with Gasteiger partial charge >= 0.3 is 6.09 Å². The minimum atomic E-state index is -0.837. The van der Waals surface area contributed by atoms with Crippen molar-refractivity contribution in [2.24, 2.45) is 0 Å². The lowest BCUT2D eigenvalue weighted by molar-refractivity contribution is -0.0110. The molecule has 6 heteroatoms. The van der Waals surface area contributed by atoms with Crippen molar-refractivity contribution in [1.29, 1.82) is 0 Å². The van der Waals surface area contributed by atoms with E-state index in [0.29, 0.717) is 37.5 Å². The smallest absolute Gasteiger partial charge is 0.410 e. The van der Waals surface area contributed by atoms with Gasteiger partial charge in [-0.3, -0.25) is 0 Å². The summed E-state index contributed by atoms with van der Waals surface area (Å²) in [6.45, 7) is 1.65. The maximum absolute atomic E-state index is 12.2. The number of amides is 1. The molecule has 0 saturated carbocycles. The molecule has 1 aliphatic heterocycles. The predicted octanol–water partition coefficient (Wildman–Crippen LogP) is 3.92. The summed E-state index contributed by atoms with van der Waals surface area (Å²) >= 11 is 5.87. The number of aliphatic hydroxyl groups is 1. The number of hydrogen-bond acceptors (Lipinski definition) is 4. The van der Waals surface area contributed by atoms with Crippen LogP contribution >= 0.6 is 11.6 Å². The Morgan fingerprint density at radius 3 is 2.42 bits per heavy atom. The van der Waals surface area contributed by atoms with Crippen LogP contribution in [0.1, 0.15) is 18.4 Å². The number of ether oxygens (including phenoxy) is 1. The Morgan fingerprint density at radius 2 is 1.77 bits per heavy atom. The largest absolute Gasteiger partial charge is 0.445 e. The van der Waals surface area contributed by atoms with Crippen LogP contribution in [0, 0.1) is 0 Å². The summed E-state index contributed by atoms with van der Waals surface area (Å²) in [6, 6.07) is 17.0. The van der Waals surface area contributed by atoms with E-state index in [4.69, 9.17) is 16.3 Å². The molecule has 1 saturated heterocycles. The van der Waals surface area contributed by atoms with Gasteiger partial charge in [0.1, 0.15) is 6.61 Å². The van der Waals surface area contributed by atoms with Gasteiger partial charge < -0.3 is 20.1 Å². The quantitative estimate of drug-likeness (QED) is 0.832. The fraction of sp³-hybridized carbons (Fsp3) is 0.350. The van der Waals surface area contributed by atoms with Crippen molar-refractivity contribution in [2.75, 3.05) is 25.0 Å². The molecular formula is C20H23ClN2O3. The Hall–Kier alpha value is -2.24. The second-order valence-electron chi connectivity index (χ2n) is 6.61. The van der Waals surface area contributed by atoms with Crippen molar-refractivity contribution >= 4 is 23.4 Å². The Labute approximate surface area is 158 Å². The summed E-state index contributed by atoms with van der Waals surface area (Å²) in [6.07, 6.45) is 0.684. The number of likely N-dealkylation sites (tertiary alicyclic amines) is 1. The molecule has 3 rings (SSSR count). The van der Waals surface area contributed by atoms with Crippen molar-refractivity contribution in [3.05, 3.63) is 65.2 Å². The average molecular weight is 375 g/mol. The molecule has 26 heavy (non-hydrogen) atoms. The third kappa shape index (κ3) is 5.13. The monoisotopic (exact) mass is 374 g/mol. The fourth-order valence-electron chi connectivity index (χ4n) is 2.93. The first kappa shape index (κ1) is 18.5. The van der Waals surface area contributed by atoms with E-state index >= 15 is 0 Å². The van der Waals surface area contributed by atoms with Crippen LogP contribution in [-0.4, -0.2) is 41.3 Å². The van der Waals surface area contributed by atoms with E-state index in [9.17, 15) is 9.90 Å². The number of nitrogens with zero attached hydrogens (tertiary/aromatic N) is 1.